The minimum atomic E-state index is -0.287. The van der Waals surface area contributed by atoms with Crippen molar-refractivity contribution in [2.24, 2.45) is 5.92 Å². The normalized spacial score (nSPS) is 10.2. The molecule has 0 spiro atoms. The highest BCUT2D eigenvalue weighted by molar-refractivity contribution is 5.86. The van der Waals surface area contributed by atoms with Crippen LogP contribution in [0.1, 0.15) is 33.6 Å². The SMILES string of the molecule is C=C(C)C(=O)OCCC[CH]C(C)C. The number of carbonyl (C=O) groups excluding carboxylic acids is 1. The molecule has 2 nitrogen and oxygen atoms in total. The average molecular weight is 183 g/mol. The van der Waals surface area contributed by atoms with Crippen molar-refractivity contribution in [1.29, 1.82) is 0 Å². The molecule has 2 heteroatoms. The maximum absolute atomic E-state index is 10.9. The first-order chi connectivity index (χ1) is 6.04. The summed E-state index contributed by atoms with van der Waals surface area (Å²) in [5.41, 5.74) is 0.466. The molecule has 0 amide bonds. The highest BCUT2D eigenvalue weighted by Gasteiger charge is 2.02. The minimum absolute atomic E-state index is 0.287. The molecule has 1 radical (unpaired) electrons. The Balaban J connectivity index is 3.26. The van der Waals surface area contributed by atoms with Crippen LogP contribution in [0.5, 0.6) is 0 Å². The van der Waals surface area contributed by atoms with E-state index in [4.69, 9.17) is 4.74 Å². The van der Waals surface area contributed by atoms with Gasteiger partial charge < -0.3 is 4.74 Å². The molecule has 13 heavy (non-hydrogen) atoms. The molecule has 0 N–H and O–H groups in total. The lowest BCUT2D eigenvalue weighted by atomic mass is 10.1. The van der Waals surface area contributed by atoms with Crippen molar-refractivity contribution < 1.29 is 9.53 Å². The molecule has 0 bridgehead atoms. The molecular weight excluding hydrogens is 164 g/mol. The van der Waals surface area contributed by atoms with Gasteiger partial charge in [-0.25, -0.2) is 4.79 Å². The minimum Gasteiger partial charge on any atom is -0.462 e. The van der Waals surface area contributed by atoms with Gasteiger partial charge in [0.05, 0.1) is 6.61 Å². The fourth-order valence-electron chi connectivity index (χ4n) is 0.823. The Hall–Kier alpha value is -0.790. The van der Waals surface area contributed by atoms with E-state index in [-0.39, 0.29) is 5.97 Å². The maximum atomic E-state index is 10.9. The first-order valence-electron chi connectivity index (χ1n) is 4.70. The van der Waals surface area contributed by atoms with E-state index in [1.807, 2.05) is 0 Å². The molecule has 0 aliphatic rings. The van der Waals surface area contributed by atoms with E-state index in [1.54, 1.807) is 6.92 Å². The summed E-state index contributed by atoms with van der Waals surface area (Å²) in [6, 6.07) is 0. The zero-order valence-electron chi connectivity index (χ0n) is 8.80. The fraction of sp³-hybridized carbons (Fsp3) is 0.636. The summed E-state index contributed by atoms with van der Waals surface area (Å²) >= 11 is 0. The number of carbonyl (C=O) groups is 1. The Bertz CT molecular complexity index is 171. The summed E-state index contributed by atoms with van der Waals surface area (Å²) in [4.78, 5) is 10.9. The second-order valence-electron chi connectivity index (χ2n) is 3.54. The van der Waals surface area contributed by atoms with Crippen molar-refractivity contribution in [3.63, 3.8) is 0 Å². The molecular formula is C11H19O2. The Morgan fingerprint density at radius 1 is 1.54 bits per heavy atom. The predicted molar refractivity (Wildman–Crippen MR) is 54.1 cm³/mol. The topological polar surface area (TPSA) is 26.3 Å². The molecule has 75 valence electrons. The lowest BCUT2D eigenvalue weighted by Crippen LogP contribution is -2.06. The van der Waals surface area contributed by atoms with Gasteiger partial charge in [0.25, 0.3) is 0 Å². The number of hydrogen-bond acceptors (Lipinski definition) is 2. The van der Waals surface area contributed by atoms with Gasteiger partial charge in [-0.3, -0.25) is 0 Å². The van der Waals surface area contributed by atoms with E-state index in [2.05, 4.69) is 26.8 Å². The summed E-state index contributed by atoms with van der Waals surface area (Å²) in [6.07, 6.45) is 4.12. The fourth-order valence-corrected chi connectivity index (χ4v) is 0.823. The van der Waals surface area contributed by atoms with Crippen molar-refractivity contribution in [3.8, 4) is 0 Å². The Morgan fingerprint density at radius 3 is 2.62 bits per heavy atom. The Labute approximate surface area is 81.0 Å². The summed E-state index contributed by atoms with van der Waals surface area (Å²) in [6.45, 7) is 9.93. The molecule has 0 saturated heterocycles. The maximum Gasteiger partial charge on any atom is 0.333 e. The van der Waals surface area contributed by atoms with Crippen LogP contribution < -0.4 is 0 Å². The van der Waals surface area contributed by atoms with E-state index >= 15 is 0 Å². The first-order valence-corrected chi connectivity index (χ1v) is 4.70. The predicted octanol–water partition coefficient (Wildman–Crippen LogP) is 2.75. The third kappa shape index (κ3) is 7.57. The van der Waals surface area contributed by atoms with Gasteiger partial charge in [0.2, 0.25) is 0 Å². The van der Waals surface area contributed by atoms with E-state index in [9.17, 15) is 4.79 Å². The number of unbranched alkanes of at least 4 members (excludes halogenated alkanes) is 1. The molecule has 0 heterocycles. The van der Waals surface area contributed by atoms with Crippen LogP contribution in [0.25, 0.3) is 0 Å². The molecule has 0 aliphatic carbocycles. The first kappa shape index (κ1) is 12.2. The van der Waals surface area contributed by atoms with Crippen LogP contribution in [0.2, 0.25) is 0 Å². The van der Waals surface area contributed by atoms with Crippen LogP contribution in [-0.4, -0.2) is 12.6 Å². The summed E-state index contributed by atoms with van der Waals surface area (Å²) < 4.78 is 4.93. The summed E-state index contributed by atoms with van der Waals surface area (Å²) in [5, 5.41) is 0. The van der Waals surface area contributed by atoms with Gasteiger partial charge in [0.15, 0.2) is 0 Å². The molecule has 0 aromatic carbocycles. The Kier molecular flexibility index (Phi) is 6.29. The zero-order chi connectivity index (χ0) is 10.3. The van der Waals surface area contributed by atoms with Gasteiger partial charge in [0.1, 0.15) is 0 Å². The molecule has 0 saturated carbocycles. The van der Waals surface area contributed by atoms with Crippen molar-refractivity contribution >= 4 is 5.97 Å². The largest absolute Gasteiger partial charge is 0.462 e. The van der Waals surface area contributed by atoms with Gasteiger partial charge in [-0.15, -0.1) is 0 Å². The van der Waals surface area contributed by atoms with Crippen LogP contribution in [0.15, 0.2) is 12.2 Å². The third-order valence-corrected chi connectivity index (χ3v) is 1.57. The molecule has 0 fully saturated rings. The van der Waals surface area contributed by atoms with Gasteiger partial charge in [0, 0.05) is 5.57 Å². The zero-order valence-corrected chi connectivity index (χ0v) is 8.80. The lowest BCUT2D eigenvalue weighted by molar-refractivity contribution is -0.139. The number of esters is 1. The second kappa shape index (κ2) is 6.70. The highest BCUT2D eigenvalue weighted by Crippen LogP contribution is 2.05. The lowest BCUT2D eigenvalue weighted by Gasteiger charge is -2.05. The van der Waals surface area contributed by atoms with Crippen LogP contribution >= 0.6 is 0 Å². The van der Waals surface area contributed by atoms with E-state index in [0.29, 0.717) is 18.1 Å². The van der Waals surface area contributed by atoms with E-state index in [1.165, 1.54) is 0 Å². The van der Waals surface area contributed by atoms with E-state index in [0.717, 1.165) is 12.8 Å². The van der Waals surface area contributed by atoms with Crippen molar-refractivity contribution in [2.75, 3.05) is 6.61 Å². The van der Waals surface area contributed by atoms with Crippen LogP contribution in [0.3, 0.4) is 0 Å². The Morgan fingerprint density at radius 2 is 2.15 bits per heavy atom. The molecule has 0 atom stereocenters. The molecule has 0 aromatic heterocycles. The van der Waals surface area contributed by atoms with Gasteiger partial charge >= 0.3 is 5.97 Å². The van der Waals surface area contributed by atoms with Crippen molar-refractivity contribution in [1.82, 2.24) is 0 Å². The van der Waals surface area contributed by atoms with Crippen LogP contribution in [0.4, 0.5) is 0 Å². The highest BCUT2D eigenvalue weighted by atomic mass is 16.5. The van der Waals surface area contributed by atoms with Gasteiger partial charge in [-0.2, -0.15) is 0 Å². The van der Waals surface area contributed by atoms with Crippen LogP contribution in [0, 0.1) is 12.3 Å². The standard InChI is InChI=1S/C11H19O2/c1-9(2)7-5-6-8-13-11(12)10(3)4/h7,9H,3,5-6,8H2,1-2,4H3. The molecule has 0 rings (SSSR count). The molecule has 0 aliphatic heterocycles. The number of ether oxygens (including phenoxy) is 1. The average Bonchev–Trinajstić information content (AvgIpc) is 2.02. The van der Waals surface area contributed by atoms with Crippen LogP contribution in [-0.2, 0) is 9.53 Å². The second-order valence-corrected chi connectivity index (χ2v) is 3.54. The monoisotopic (exact) mass is 183 g/mol. The van der Waals surface area contributed by atoms with Crippen molar-refractivity contribution in [3.05, 3.63) is 18.6 Å². The third-order valence-electron chi connectivity index (χ3n) is 1.57. The molecule has 0 unspecified atom stereocenters. The summed E-state index contributed by atoms with van der Waals surface area (Å²) in [5.74, 6) is 0.321. The number of rotatable bonds is 6. The number of hydrogen-bond donors (Lipinski definition) is 0. The van der Waals surface area contributed by atoms with Crippen molar-refractivity contribution in [2.45, 2.75) is 33.6 Å². The van der Waals surface area contributed by atoms with Gasteiger partial charge in [-0.1, -0.05) is 20.4 Å². The van der Waals surface area contributed by atoms with E-state index < -0.39 is 0 Å². The van der Waals surface area contributed by atoms with Gasteiger partial charge in [-0.05, 0) is 32.1 Å². The summed E-state index contributed by atoms with van der Waals surface area (Å²) in [7, 11) is 0. The smallest absolute Gasteiger partial charge is 0.333 e. The quantitative estimate of drug-likeness (QED) is 0.359. The molecule has 0 aromatic rings.